The van der Waals surface area contributed by atoms with Crippen LogP contribution in [0.15, 0.2) is 41.3 Å². The van der Waals surface area contributed by atoms with Gasteiger partial charge in [0, 0.05) is 9.92 Å². The van der Waals surface area contributed by atoms with Crippen LogP contribution in [0.2, 0.25) is 5.02 Å². The van der Waals surface area contributed by atoms with E-state index in [9.17, 15) is 4.79 Å². The zero-order chi connectivity index (χ0) is 15.7. The predicted molar refractivity (Wildman–Crippen MR) is 91.2 cm³/mol. The lowest BCUT2D eigenvalue weighted by Gasteiger charge is -2.13. The number of hydrogen-bond donors (Lipinski definition) is 1. The lowest BCUT2D eigenvalue weighted by atomic mass is 10.1. The summed E-state index contributed by atoms with van der Waals surface area (Å²) in [6, 6.07) is 11.5. The van der Waals surface area contributed by atoms with E-state index >= 15 is 0 Å². The predicted octanol–water partition coefficient (Wildman–Crippen LogP) is 4.31. The summed E-state index contributed by atoms with van der Waals surface area (Å²) in [6.45, 7) is 2.06. The number of carbonyl (C=O) groups excluding carboxylic acids is 1. The van der Waals surface area contributed by atoms with Crippen molar-refractivity contribution in [3.8, 4) is 5.75 Å². The molecule has 0 radical (unpaired) electrons. The van der Waals surface area contributed by atoms with Crippen LogP contribution in [0.3, 0.4) is 0 Å². The van der Waals surface area contributed by atoms with E-state index in [2.05, 4.69) is 30.4 Å². The van der Waals surface area contributed by atoms with E-state index in [-0.39, 0.29) is 11.2 Å². The summed E-state index contributed by atoms with van der Waals surface area (Å²) in [7, 11) is 1.57. The highest BCUT2D eigenvalue weighted by Gasteiger charge is 2.28. The molecule has 1 amide bonds. The smallest absolute Gasteiger partial charge is 0.238 e. The maximum Gasteiger partial charge on any atom is 0.238 e. The molecule has 0 aliphatic carbocycles. The fraction of sp³-hybridized carbons (Fsp3) is 0.235. The molecular formula is C17H16ClNO2S. The molecule has 0 saturated heterocycles. The summed E-state index contributed by atoms with van der Waals surface area (Å²) < 4.78 is 5.26. The highest BCUT2D eigenvalue weighted by atomic mass is 35.5. The molecule has 0 bridgehead atoms. The maximum absolute atomic E-state index is 12.5. The van der Waals surface area contributed by atoms with E-state index < -0.39 is 0 Å². The first-order valence-corrected chi connectivity index (χ1v) is 8.23. The summed E-state index contributed by atoms with van der Waals surface area (Å²) >= 11 is 7.60. The average molecular weight is 334 g/mol. The number of thioether (sulfide) groups is 1. The van der Waals surface area contributed by atoms with Gasteiger partial charge in [0.25, 0.3) is 0 Å². The van der Waals surface area contributed by atoms with E-state index in [0.29, 0.717) is 16.5 Å². The number of hydrogen-bond acceptors (Lipinski definition) is 3. The molecular weight excluding hydrogens is 318 g/mol. The molecule has 1 aliphatic rings. The van der Waals surface area contributed by atoms with Crippen LogP contribution in [0.1, 0.15) is 11.1 Å². The highest BCUT2D eigenvalue weighted by molar-refractivity contribution is 8.01. The first-order valence-electron chi connectivity index (χ1n) is 6.97. The lowest BCUT2D eigenvalue weighted by Crippen LogP contribution is -2.24. The second-order valence-electron chi connectivity index (χ2n) is 5.26. The Morgan fingerprint density at radius 2 is 2.14 bits per heavy atom. The molecule has 2 aromatic rings. The van der Waals surface area contributed by atoms with Gasteiger partial charge in [0.1, 0.15) is 5.75 Å². The molecule has 1 N–H and O–H groups in total. The van der Waals surface area contributed by atoms with E-state index in [4.69, 9.17) is 16.3 Å². The topological polar surface area (TPSA) is 38.3 Å². The molecule has 114 valence electrons. The van der Waals surface area contributed by atoms with E-state index in [1.807, 2.05) is 0 Å². The quantitative estimate of drug-likeness (QED) is 0.909. The maximum atomic E-state index is 12.5. The van der Waals surface area contributed by atoms with Crippen molar-refractivity contribution in [2.24, 2.45) is 0 Å². The van der Waals surface area contributed by atoms with Gasteiger partial charge in [-0.1, -0.05) is 29.3 Å². The van der Waals surface area contributed by atoms with Gasteiger partial charge in [-0.25, -0.2) is 0 Å². The van der Waals surface area contributed by atoms with Gasteiger partial charge >= 0.3 is 0 Å². The molecule has 0 unspecified atom stereocenters. The van der Waals surface area contributed by atoms with Crippen molar-refractivity contribution < 1.29 is 9.53 Å². The van der Waals surface area contributed by atoms with Crippen LogP contribution in [0.4, 0.5) is 5.69 Å². The van der Waals surface area contributed by atoms with Crippen LogP contribution in [0.25, 0.3) is 0 Å². The van der Waals surface area contributed by atoms with Gasteiger partial charge in [0.15, 0.2) is 0 Å². The fourth-order valence-corrected chi connectivity index (χ4v) is 3.94. The number of aryl methyl sites for hydroxylation is 1. The Labute approximate surface area is 139 Å². The summed E-state index contributed by atoms with van der Waals surface area (Å²) in [6.07, 6.45) is 0.745. The van der Waals surface area contributed by atoms with Crippen molar-refractivity contribution in [1.29, 1.82) is 0 Å². The highest BCUT2D eigenvalue weighted by Crippen LogP contribution is 2.38. The third kappa shape index (κ3) is 3.08. The van der Waals surface area contributed by atoms with Crippen LogP contribution >= 0.6 is 23.4 Å². The number of anilines is 1. The van der Waals surface area contributed by atoms with Crippen molar-refractivity contribution in [3.05, 3.63) is 52.5 Å². The van der Waals surface area contributed by atoms with Crippen LogP contribution in [0.5, 0.6) is 5.75 Å². The minimum Gasteiger partial charge on any atom is -0.495 e. The summed E-state index contributed by atoms with van der Waals surface area (Å²) in [4.78, 5) is 13.7. The Morgan fingerprint density at radius 1 is 1.32 bits per heavy atom. The Kier molecular flexibility index (Phi) is 4.32. The number of benzene rings is 2. The number of halogens is 1. The number of nitrogens with one attached hydrogen (secondary N) is 1. The number of fused-ring (bicyclic) bond motifs is 1. The van der Waals surface area contributed by atoms with Gasteiger partial charge in [-0.3, -0.25) is 4.79 Å². The van der Waals surface area contributed by atoms with E-state index in [1.54, 1.807) is 37.1 Å². The van der Waals surface area contributed by atoms with Gasteiger partial charge in [0.2, 0.25) is 5.91 Å². The summed E-state index contributed by atoms with van der Waals surface area (Å²) in [5.41, 5.74) is 3.05. The lowest BCUT2D eigenvalue weighted by molar-refractivity contribution is -0.115. The average Bonchev–Trinajstić information content (AvgIpc) is 2.90. The normalized spacial score (nSPS) is 16.2. The largest absolute Gasteiger partial charge is 0.495 e. The third-order valence-corrected chi connectivity index (χ3v) is 5.14. The Bertz CT molecular complexity index is 733. The van der Waals surface area contributed by atoms with E-state index in [0.717, 1.165) is 6.42 Å². The van der Waals surface area contributed by atoms with Crippen molar-refractivity contribution in [1.82, 2.24) is 0 Å². The monoisotopic (exact) mass is 333 g/mol. The first kappa shape index (κ1) is 15.3. The van der Waals surface area contributed by atoms with Crippen LogP contribution in [0, 0.1) is 6.92 Å². The molecule has 3 nitrogen and oxygen atoms in total. The molecule has 22 heavy (non-hydrogen) atoms. The molecule has 2 aromatic carbocycles. The Hall–Kier alpha value is -1.65. The van der Waals surface area contributed by atoms with Gasteiger partial charge in [-0.05, 0) is 43.2 Å². The molecule has 3 rings (SSSR count). The molecule has 0 saturated carbocycles. The molecule has 0 aromatic heterocycles. The Morgan fingerprint density at radius 3 is 2.91 bits per heavy atom. The van der Waals surface area contributed by atoms with Crippen molar-refractivity contribution in [2.75, 3.05) is 12.4 Å². The van der Waals surface area contributed by atoms with Crippen LogP contribution in [-0.4, -0.2) is 18.3 Å². The standard InChI is InChI=1S/C17H16ClNO2S/c1-10-3-4-11-8-16(22-15(11)7-10)17(20)19-13-9-12(18)5-6-14(13)21-2/h3-7,9,16H,8H2,1-2H3,(H,19,20)/t16-/m0/s1. The fourth-order valence-electron chi connectivity index (χ4n) is 2.47. The zero-order valence-corrected chi connectivity index (χ0v) is 13.9. The van der Waals surface area contributed by atoms with Gasteiger partial charge in [-0.15, -0.1) is 11.8 Å². The van der Waals surface area contributed by atoms with Crippen molar-refractivity contribution in [3.63, 3.8) is 0 Å². The molecule has 1 heterocycles. The number of methoxy groups -OCH3 is 1. The molecule has 0 spiro atoms. The SMILES string of the molecule is COc1ccc(Cl)cc1NC(=O)[C@@H]1Cc2ccc(C)cc2S1. The second-order valence-corrected chi connectivity index (χ2v) is 6.94. The summed E-state index contributed by atoms with van der Waals surface area (Å²) in [5.74, 6) is 0.577. The minimum absolute atomic E-state index is 0.0283. The third-order valence-electron chi connectivity index (χ3n) is 3.61. The van der Waals surface area contributed by atoms with Gasteiger partial charge in [-0.2, -0.15) is 0 Å². The van der Waals surface area contributed by atoms with Crippen LogP contribution in [-0.2, 0) is 11.2 Å². The summed E-state index contributed by atoms with van der Waals surface area (Å²) in [5, 5.41) is 3.36. The number of ether oxygens (including phenoxy) is 1. The number of amides is 1. The molecule has 1 atom stereocenters. The first-order chi connectivity index (χ1) is 10.6. The number of rotatable bonds is 3. The van der Waals surface area contributed by atoms with E-state index in [1.165, 1.54) is 16.0 Å². The van der Waals surface area contributed by atoms with Gasteiger partial charge in [0.05, 0.1) is 18.0 Å². The minimum atomic E-state index is -0.125. The molecule has 1 aliphatic heterocycles. The zero-order valence-electron chi connectivity index (χ0n) is 12.4. The molecule has 5 heteroatoms. The van der Waals surface area contributed by atoms with Crippen molar-refractivity contribution in [2.45, 2.75) is 23.5 Å². The van der Waals surface area contributed by atoms with Crippen molar-refractivity contribution >= 4 is 35.0 Å². The second kappa shape index (κ2) is 6.23. The van der Waals surface area contributed by atoms with Crippen LogP contribution < -0.4 is 10.1 Å². The number of carbonyl (C=O) groups is 1. The van der Waals surface area contributed by atoms with Gasteiger partial charge < -0.3 is 10.1 Å². The molecule has 0 fully saturated rings. The Balaban J connectivity index is 1.75.